The Morgan fingerprint density at radius 2 is 1.82 bits per heavy atom. The van der Waals surface area contributed by atoms with E-state index in [2.05, 4.69) is 24.1 Å². The Hall–Kier alpha value is -0.160. The highest BCUT2D eigenvalue weighted by molar-refractivity contribution is 4.65. The molecule has 17 heavy (non-hydrogen) atoms. The highest BCUT2D eigenvalue weighted by atomic mass is 16.5. The van der Waals surface area contributed by atoms with Crippen LogP contribution in [0, 0.1) is 5.92 Å². The van der Waals surface area contributed by atoms with Gasteiger partial charge in [0, 0.05) is 19.6 Å². The molecule has 0 rings (SSSR count). The average molecular weight is 246 g/mol. The molecule has 0 aromatic rings. The Kier molecular flexibility index (Phi) is 9.74. The maximum Gasteiger partial charge on any atom is 0.0791 e. The molecule has 1 atom stereocenters. The van der Waals surface area contributed by atoms with Gasteiger partial charge in [-0.3, -0.25) is 0 Å². The van der Waals surface area contributed by atoms with Gasteiger partial charge in [0.2, 0.25) is 0 Å². The summed E-state index contributed by atoms with van der Waals surface area (Å²) < 4.78 is 5.47. The molecule has 0 heterocycles. The first-order valence-electron chi connectivity index (χ1n) is 6.60. The molecule has 0 saturated carbocycles. The molecule has 0 bridgehead atoms. The molecular weight excluding hydrogens is 216 g/mol. The molecular formula is C13H30N2O2. The fraction of sp³-hybridized carbons (Fsp3) is 1.00. The summed E-state index contributed by atoms with van der Waals surface area (Å²) in [5.74, 6) is 0.624. The highest BCUT2D eigenvalue weighted by Crippen LogP contribution is 1.93. The summed E-state index contributed by atoms with van der Waals surface area (Å²) in [6.45, 7) is 12.3. The molecule has 104 valence electrons. The van der Waals surface area contributed by atoms with Crippen LogP contribution in [0.15, 0.2) is 0 Å². The standard InChI is InChI=1S/C13H30N2O2/c1-11(2)8-14-9-13(16)10-15(5)6-7-17-12(3)4/h11-14,16H,6-10H2,1-5H3. The van der Waals surface area contributed by atoms with Crippen molar-refractivity contribution in [3.63, 3.8) is 0 Å². The molecule has 1 unspecified atom stereocenters. The van der Waals surface area contributed by atoms with E-state index in [1.807, 2.05) is 20.9 Å². The Balaban J connectivity index is 3.48. The SMILES string of the molecule is CC(C)CNCC(O)CN(C)CCOC(C)C. The first kappa shape index (κ1) is 16.8. The minimum Gasteiger partial charge on any atom is -0.390 e. The molecule has 0 aromatic carbocycles. The lowest BCUT2D eigenvalue weighted by molar-refractivity contribution is 0.0520. The van der Waals surface area contributed by atoms with Crippen LogP contribution in [0.1, 0.15) is 27.7 Å². The van der Waals surface area contributed by atoms with Crippen LogP contribution >= 0.6 is 0 Å². The van der Waals surface area contributed by atoms with Gasteiger partial charge >= 0.3 is 0 Å². The van der Waals surface area contributed by atoms with E-state index in [-0.39, 0.29) is 12.2 Å². The van der Waals surface area contributed by atoms with E-state index in [0.29, 0.717) is 19.0 Å². The van der Waals surface area contributed by atoms with E-state index in [0.717, 1.165) is 19.7 Å². The van der Waals surface area contributed by atoms with Gasteiger partial charge in [-0.1, -0.05) is 13.8 Å². The summed E-state index contributed by atoms with van der Waals surface area (Å²) in [4.78, 5) is 2.10. The van der Waals surface area contributed by atoms with Crippen LogP contribution in [-0.4, -0.2) is 62.0 Å². The van der Waals surface area contributed by atoms with Crippen molar-refractivity contribution in [1.29, 1.82) is 0 Å². The number of aliphatic hydroxyl groups is 1. The molecule has 0 radical (unpaired) electrons. The van der Waals surface area contributed by atoms with Crippen molar-refractivity contribution in [2.24, 2.45) is 5.92 Å². The van der Waals surface area contributed by atoms with Gasteiger partial charge in [-0.05, 0) is 33.4 Å². The lowest BCUT2D eigenvalue weighted by Crippen LogP contribution is -2.38. The van der Waals surface area contributed by atoms with Crippen LogP contribution in [0.25, 0.3) is 0 Å². The van der Waals surface area contributed by atoms with Gasteiger partial charge in [0.25, 0.3) is 0 Å². The minimum absolute atomic E-state index is 0.279. The van der Waals surface area contributed by atoms with Crippen LogP contribution in [-0.2, 0) is 4.74 Å². The quantitative estimate of drug-likeness (QED) is 0.602. The third-order valence-corrected chi connectivity index (χ3v) is 2.38. The van der Waals surface area contributed by atoms with Crippen molar-refractivity contribution in [3.05, 3.63) is 0 Å². The monoisotopic (exact) mass is 246 g/mol. The largest absolute Gasteiger partial charge is 0.390 e. The molecule has 0 amide bonds. The summed E-state index contributed by atoms with van der Waals surface area (Å²) in [6, 6.07) is 0. The van der Waals surface area contributed by atoms with Crippen molar-refractivity contribution in [2.45, 2.75) is 39.9 Å². The number of hydrogen-bond donors (Lipinski definition) is 2. The van der Waals surface area contributed by atoms with Gasteiger partial charge in [-0.15, -0.1) is 0 Å². The number of aliphatic hydroxyl groups excluding tert-OH is 1. The van der Waals surface area contributed by atoms with Crippen molar-refractivity contribution >= 4 is 0 Å². The molecule has 0 spiro atoms. The average Bonchev–Trinajstić information content (AvgIpc) is 2.15. The Morgan fingerprint density at radius 3 is 2.35 bits per heavy atom. The lowest BCUT2D eigenvalue weighted by Gasteiger charge is -2.21. The van der Waals surface area contributed by atoms with Crippen LogP contribution < -0.4 is 5.32 Å². The zero-order valence-corrected chi connectivity index (χ0v) is 12.1. The Bertz CT molecular complexity index is 157. The molecule has 2 N–H and O–H groups in total. The van der Waals surface area contributed by atoms with Crippen LogP contribution in [0.2, 0.25) is 0 Å². The van der Waals surface area contributed by atoms with Gasteiger partial charge in [0.1, 0.15) is 0 Å². The van der Waals surface area contributed by atoms with Gasteiger partial charge in [-0.2, -0.15) is 0 Å². The van der Waals surface area contributed by atoms with Crippen molar-refractivity contribution < 1.29 is 9.84 Å². The molecule has 4 nitrogen and oxygen atoms in total. The van der Waals surface area contributed by atoms with E-state index in [1.54, 1.807) is 0 Å². The topological polar surface area (TPSA) is 44.7 Å². The molecule has 4 heteroatoms. The van der Waals surface area contributed by atoms with E-state index in [4.69, 9.17) is 4.74 Å². The van der Waals surface area contributed by atoms with Gasteiger partial charge in [-0.25, -0.2) is 0 Å². The molecule has 0 fully saturated rings. The maximum atomic E-state index is 9.80. The van der Waals surface area contributed by atoms with Gasteiger partial charge < -0.3 is 20.1 Å². The second-order valence-electron chi connectivity index (χ2n) is 5.39. The summed E-state index contributed by atoms with van der Waals surface area (Å²) >= 11 is 0. The Morgan fingerprint density at radius 1 is 1.18 bits per heavy atom. The second kappa shape index (κ2) is 9.83. The van der Waals surface area contributed by atoms with E-state index in [9.17, 15) is 5.11 Å². The summed E-state index contributed by atoms with van der Waals surface area (Å²) in [5.41, 5.74) is 0. The van der Waals surface area contributed by atoms with Gasteiger partial charge in [0.15, 0.2) is 0 Å². The molecule has 0 aliphatic rings. The predicted octanol–water partition coefficient (Wildman–Crippen LogP) is 0.950. The normalized spacial score (nSPS) is 13.9. The number of nitrogens with one attached hydrogen (secondary N) is 1. The number of ether oxygens (including phenoxy) is 1. The first-order chi connectivity index (χ1) is 7.91. The number of likely N-dealkylation sites (N-methyl/N-ethyl adjacent to an activating group) is 1. The van der Waals surface area contributed by atoms with Crippen molar-refractivity contribution in [1.82, 2.24) is 10.2 Å². The molecule has 0 aromatic heterocycles. The van der Waals surface area contributed by atoms with Crippen molar-refractivity contribution in [2.75, 3.05) is 39.8 Å². The van der Waals surface area contributed by atoms with E-state index < -0.39 is 0 Å². The number of nitrogens with zero attached hydrogens (tertiary/aromatic N) is 1. The highest BCUT2D eigenvalue weighted by Gasteiger charge is 2.08. The van der Waals surface area contributed by atoms with Crippen LogP contribution in [0.4, 0.5) is 0 Å². The van der Waals surface area contributed by atoms with Crippen molar-refractivity contribution in [3.8, 4) is 0 Å². The zero-order chi connectivity index (χ0) is 13.3. The lowest BCUT2D eigenvalue weighted by atomic mass is 10.2. The van der Waals surface area contributed by atoms with Gasteiger partial charge in [0.05, 0.1) is 18.8 Å². The third-order valence-electron chi connectivity index (χ3n) is 2.38. The smallest absolute Gasteiger partial charge is 0.0791 e. The zero-order valence-electron chi connectivity index (χ0n) is 12.1. The van der Waals surface area contributed by atoms with E-state index >= 15 is 0 Å². The molecule has 0 aliphatic carbocycles. The molecule has 0 saturated heterocycles. The second-order valence-corrected chi connectivity index (χ2v) is 5.39. The minimum atomic E-state index is -0.308. The van der Waals surface area contributed by atoms with E-state index in [1.165, 1.54) is 0 Å². The first-order valence-corrected chi connectivity index (χ1v) is 6.60. The fourth-order valence-electron chi connectivity index (χ4n) is 1.50. The fourth-order valence-corrected chi connectivity index (χ4v) is 1.50. The summed E-state index contributed by atoms with van der Waals surface area (Å²) in [7, 11) is 2.01. The predicted molar refractivity (Wildman–Crippen MR) is 72.3 cm³/mol. The number of rotatable bonds is 10. The molecule has 0 aliphatic heterocycles. The number of hydrogen-bond acceptors (Lipinski definition) is 4. The summed E-state index contributed by atoms with van der Waals surface area (Å²) in [5, 5.41) is 13.1. The summed E-state index contributed by atoms with van der Waals surface area (Å²) in [6.07, 6.45) is -0.0289. The van der Waals surface area contributed by atoms with Crippen LogP contribution in [0.3, 0.4) is 0 Å². The maximum absolute atomic E-state index is 9.80. The van der Waals surface area contributed by atoms with Crippen LogP contribution in [0.5, 0.6) is 0 Å². The Labute approximate surface area is 106 Å². The third kappa shape index (κ3) is 12.1.